The number of nitrogens with zero attached hydrogens (tertiary/aromatic N) is 2. The second kappa shape index (κ2) is 10.2. The Labute approximate surface area is 204 Å². The van der Waals surface area contributed by atoms with Crippen molar-refractivity contribution < 1.29 is 14.3 Å². The number of carbonyl (C=O) groups excluding carboxylic acids is 2. The monoisotopic (exact) mass is 468 g/mol. The molecule has 2 N–H and O–H groups in total. The highest BCUT2D eigenvalue weighted by atomic mass is 16.5. The lowest BCUT2D eigenvalue weighted by molar-refractivity contribution is -0.136. The number of pyridine rings is 1. The standard InChI is InChI=1S/C28H28N4O3/c1-19-17-25(23-10-4-5-12-24(23)30-19)31-28(34)27(33)29-18-26(32-13-15-35-16-14-32)22-11-6-8-20-7-2-3-9-21(20)22/h2-12,17,26H,13-16,18H2,1H3,(H,29,33)(H,30,31,34)/t26-/m0/s1. The molecule has 4 aromatic rings. The Morgan fingerprint density at radius 1 is 0.943 bits per heavy atom. The number of nitrogens with one attached hydrogen (secondary N) is 2. The highest BCUT2D eigenvalue weighted by Crippen LogP contribution is 2.29. The molecule has 2 amide bonds. The summed E-state index contributed by atoms with van der Waals surface area (Å²) in [5.41, 5.74) is 3.24. The maximum absolute atomic E-state index is 12.9. The molecule has 0 spiro atoms. The molecule has 1 saturated heterocycles. The predicted octanol–water partition coefficient (Wildman–Crippen LogP) is 3.82. The Morgan fingerprint density at radius 2 is 1.66 bits per heavy atom. The summed E-state index contributed by atoms with van der Waals surface area (Å²) in [5.74, 6) is -1.36. The molecule has 1 aromatic heterocycles. The number of aromatic nitrogens is 1. The van der Waals surface area contributed by atoms with E-state index in [-0.39, 0.29) is 6.04 Å². The molecule has 7 heteroatoms. The van der Waals surface area contributed by atoms with E-state index < -0.39 is 11.8 Å². The first kappa shape index (κ1) is 23.0. The first-order chi connectivity index (χ1) is 17.1. The topological polar surface area (TPSA) is 83.6 Å². The largest absolute Gasteiger partial charge is 0.379 e. The van der Waals surface area contributed by atoms with Crippen molar-refractivity contribution in [2.75, 3.05) is 38.2 Å². The van der Waals surface area contributed by atoms with Crippen LogP contribution in [0.2, 0.25) is 0 Å². The predicted molar refractivity (Wildman–Crippen MR) is 137 cm³/mol. The lowest BCUT2D eigenvalue weighted by Crippen LogP contribution is -2.45. The summed E-state index contributed by atoms with van der Waals surface area (Å²) in [4.78, 5) is 32.5. The normalized spacial score (nSPS) is 15.1. The van der Waals surface area contributed by atoms with Gasteiger partial charge in [-0.25, -0.2) is 0 Å². The number of hydrogen-bond donors (Lipinski definition) is 2. The average Bonchev–Trinajstić information content (AvgIpc) is 2.89. The first-order valence-corrected chi connectivity index (χ1v) is 11.9. The molecular weight excluding hydrogens is 440 g/mol. The number of rotatable bonds is 5. The van der Waals surface area contributed by atoms with Crippen molar-refractivity contribution in [3.05, 3.63) is 84.1 Å². The lowest BCUT2D eigenvalue weighted by atomic mass is 9.97. The van der Waals surface area contributed by atoms with Crippen molar-refractivity contribution in [3.63, 3.8) is 0 Å². The smallest absolute Gasteiger partial charge is 0.313 e. The molecule has 0 saturated carbocycles. The highest BCUT2D eigenvalue weighted by molar-refractivity contribution is 6.40. The maximum atomic E-state index is 12.9. The van der Waals surface area contributed by atoms with Gasteiger partial charge >= 0.3 is 11.8 Å². The minimum Gasteiger partial charge on any atom is -0.379 e. The van der Waals surface area contributed by atoms with Crippen LogP contribution in [0.25, 0.3) is 21.7 Å². The van der Waals surface area contributed by atoms with E-state index in [0.717, 1.165) is 46.0 Å². The van der Waals surface area contributed by atoms with Crippen molar-refractivity contribution >= 4 is 39.2 Å². The summed E-state index contributed by atoms with van der Waals surface area (Å²) in [6.45, 7) is 4.99. The number of aryl methyl sites for hydroxylation is 1. The summed E-state index contributed by atoms with van der Waals surface area (Å²) in [6, 6.07) is 23.7. The van der Waals surface area contributed by atoms with Crippen LogP contribution in [0.15, 0.2) is 72.8 Å². The van der Waals surface area contributed by atoms with Gasteiger partial charge < -0.3 is 15.4 Å². The number of para-hydroxylation sites is 1. The van der Waals surface area contributed by atoms with Gasteiger partial charge in [0.1, 0.15) is 0 Å². The molecule has 0 aliphatic carbocycles. The third kappa shape index (κ3) is 5.01. The fourth-order valence-corrected chi connectivity index (χ4v) is 4.73. The van der Waals surface area contributed by atoms with Gasteiger partial charge in [-0.2, -0.15) is 0 Å². The summed E-state index contributed by atoms with van der Waals surface area (Å²) in [5, 5.41) is 8.73. The van der Waals surface area contributed by atoms with Crippen LogP contribution in [-0.4, -0.2) is 54.5 Å². The van der Waals surface area contributed by atoms with Gasteiger partial charge in [-0.1, -0.05) is 60.7 Å². The van der Waals surface area contributed by atoms with Gasteiger partial charge in [0.15, 0.2) is 0 Å². The van der Waals surface area contributed by atoms with Crippen LogP contribution >= 0.6 is 0 Å². The Balaban J connectivity index is 1.35. The van der Waals surface area contributed by atoms with E-state index in [1.807, 2.05) is 49.4 Å². The summed E-state index contributed by atoms with van der Waals surface area (Å²) < 4.78 is 5.55. The summed E-state index contributed by atoms with van der Waals surface area (Å²) in [6.07, 6.45) is 0. The summed E-state index contributed by atoms with van der Waals surface area (Å²) >= 11 is 0. The third-order valence-corrected chi connectivity index (χ3v) is 6.42. The molecule has 5 rings (SSSR count). The van der Waals surface area contributed by atoms with Crippen LogP contribution < -0.4 is 10.6 Å². The average molecular weight is 469 g/mol. The summed E-state index contributed by atoms with van der Waals surface area (Å²) in [7, 11) is 0. The Morgan fingerprint density at radius 3 is 2.49 bits per heavy atom. The minimum absolute atomic E-state index is 0.0780. The molecule has 1 aliphatic rings. The Kier molecular flexibility index (Phi) is 6.70. The molecule has 35 heavy (non-hydrogen) atoms. The lowest BCUT2D eigenvalue weighted by Gasteiger charge is -2.35. The molecule has 0 unspecified atom stereocenters. The molecule has 0 bridgehead atoms. The van der Waals surface area contributed by atoms with Crippen LogP contribution in [0, 0.1) is 6.92 Å². The van der Waals surface area contributed by atoms with Gasteiger partial charge in [0.05, 0.1) is 30.5 Å². The van der Waals surface area contributed by atoms with Crippen LogP contribution in [0.4, 0.5) is 5.69 Å². The molecule has 1 fully saturated rings. The van der Waals surface area contributed by atoms with Crippen LogP contribution in [0.3, 0.4) is 0 Å². The quantitative estimate of drug-likeness (QED) is 0.435. The number of fused-ring (bicyclic) bond motifs is 2. The molecule has 0 radical (unpaired) electrons. The molecule has 7 nitrogen and oxygen atoms in total. The fraction of sp³-hybridized carbons (Fsp3) is 0.250. The Hall–Kier alpha value is -3.81. The van der Waals surface area contributed by atoms with Gasteiger partial charge in [0, 0.05) is 30.7 Å². The van der Waals surface area contributed by atoms with Crippen molar-refractivity contribution in [1.82, 2.24) is 15.2 Å². The van der Waals surface area contributed by atoms with Crippen LogP contribution in [0.5, 0.6) is 0 Å². The maximum Gasteiger partial charge on any atom is 0.313 e. The number of carbonyl (C=O) groups is 2. The van der Waals surface area contributed by atoms with E-state index >= 15 is 0 Å². The number of anilines is 1. The first-order valence-electron chi connectivity index (χ1n) is 11.9. The number of amides is 2. The molecule has 3 aromatic carbocycles. The fourth-order valence-electron chi connectivity index (χ4n) is 4.73. The van der Waals surface area contributed by atoms with E-state index in [1.165, 1.54) is 0 Å². The number of hydrogen-bond acceptors (Lipinski definition) is 5. The van der Waals surface area contributed by atoms with Crippen molar-refractivity contribution in [3.8, 4) is 0 Å². The zero-order chi connectivity index (χ0) is 24.2. The van der Waals surface area contributed by atoms with Crippen molar-refractivity contribution in [2.24, 2.45) is 0 Å². The zero-order valence-corrected chi connectivity index (χ0v) is 19.7. The number of morpholine rings is 1. The van der Waals surface area contributed by atoms with Gasteiger partial charge in [0.2, 0.25) is 0 Å². The van der Waals surface area contributed by atoms with E-state index in [1.54, 1.807) is 6.07 Å². The van der Waals surface area contributed by atoms with Crippen molar-refractivity contribution in [1.29, 1.82) is 0 Å². The third-order valence-electron chi connectivity index (χ3n) is 6.42. The molecule has 1 atom stereocenters. The van der Waals surface area contributed by atoms with Crippen LogP contribution in [0.1, 0.15) is 17.3 Å². The SMILES string of the molecule is Cc1cc(NC(=O)C(=O)NC[C@@H](c2cccc3ccccc23)N2CCOCC2)c2ccccc2n1. The van der Waals surface area contributed by atoms with E-state index in [9.17, 15) is 9.59 Å². The van der Waals surface area contributed by atoms with Gasteiger partial charge in [0.25, 0.3) is 0 Å². The zero-order valence-electron chi connectivity index (χ0n) is 19.7. The molecule has 1 aliphatic heterocycles. The minimum atomic E-state index is -0.695. The second-order valence-electron chi connectivity index (χ2n) is 8.73. The van der Waals surface area contributed by atoms with Gasteiger partial charge in [-0.3, -0.25) is 19.5 Å². The molecule has 2 heterocycles. The van der Waals surface area contributed by atoms with E-state index in [4.69, 9.17) is 4.74 Å². The van der Waals surface area contributed by atoms with E-state index in [2.05, 4.69) is 44.8 Å². The van der Waals surface area contributed by atoms with Crippen LogP contribution in [-0.2, 0) is 14.3 Å². The number of ether oxygens (including phenoxy) is 1. The molecular formula is C28H28N4O3. The number of benzene rings is 3. The highest BCUT2D eigenvalue weighted by Gasteiger charge is 2.26. The van der Waals surface area contributed by atoms with Gasteiger partial charge in [-0.05, 0) is 35.4 Å². The van der Waals surface area contributed by atoms with Crippen molar-refractivity contribution in [2.45, 2.75) is 13.0 Å². The molecule has 178 valence electrons. The Bertz CT molecular complexity index is 1380. The second-order valence-corrected chi connectivity index (χ2v) is 8.73. The van der Waals surface area contributed by atoms with Gasteiger partial charge in [-0.15, -0.1) is 0 Å². The van der Waals surface area contributed by atoms with E-state index in [0.29, 0.717) is 25.4 Å².